The van der Waals surface area contributed by atoms with Crippen LogP contribution >= 0.6 is 0 Å². The van der Waals surface area contributed by atoms with Gasteiger partial charge in [0.1, 0.15) is 0 Å². The maximum absolute atomic E-state index is 5.26. The minimum absolute atomic E-state index is 0.350. The Labute approximate surface area is 129 Å². The molecule has 0 bridgehead atoms. The molecule has 0 saturated carbocycles. The Hall–Kier alpha value is -0.940. The Balaban J connectivity index is 2.77. The van der Waals surface area contributed by atoms with Crippen molar-refractivity contribution in [1.29, 1.82) is 0 Å². The highest BCUT2D eigenvalue weighted by atomic mass is 16.5. The average molecular weight is 294 g/mol. The fourth-order valence-electron chi connectivity index (χ4n) is 2.39. The molecule has 0 saturated heterocycles. The van der Waals surface area contributed by atoms with E-state index in [9.17, 15) is 0 Å². The van der Waals surface area contributed by atoms with Crippen molar-refractivity contribution in [2.75, 3.05) is 53.6 Å². The largest absolute Gasteiger partial charge is 0.383 e. The third-order valence-corrected chi connectivity index (χ3v) is 3.55. The van der Waals surface area contributed by atoms with Crippen LogP contribution in [0.4, 0.5) is 0 Å². The molecule has 0 spiro atoms. The van der Waals surface area contributed by atoms with Gasteiger partial charge in [0.15, 0.2) is 0 Å². The SMILES string of the molecule is CCCNCC(c1ccccc1)N(CCOC)CCOC. The van der Waals surface area contributed by atoms with Gasteiger partial charge in [-0.15, -0.1) is 0 Å². The molecule has 0 aromatic heterocycles. The number of nitrogens with one attached hydrogen (secondary N) is 1. The number of benzene rings is 1. The van der Waals surface area contributed by atoms with E-state index in [1.54, 1.807) is 14.2 Å². The van der Waals surface area contributed by atoms with E-state index in [4.69, 9.17) is 9.47 Å². The molecule has 0 aliphatic rings. The minimum Gasteiger partial charge on any atom is -0.383 e. The van der Waals surface area contributed by atoms with Gasteiger partial charge in [-0.2, -0.15) is 0 Å². The zero-order chi connectivity index (χ0) is 15.3. The summed E-state index contributed by atoms with van der Waals surface area (Å²) in [5.41, 5.74) is 1.34. The van der Waals surface area contributed by atoms with Crippen LogP contribution in [0.5, 0.6) is 0 Å². The molecule has 0 radical (unpaired) electrons. The van der Waals surface area contributed by atoms with Gasteiger partial charge in [0.05, 0.1) is 13.2 Å². The second-order valence-electron chi connectivity index (χ2n) is 5.15. The first-order valence-corrected chi connectivity index (χ1v) is 7.81. The first kappa shape index (κ1) is 18.1. The zero-order valence-electron chi connectivity index (χ0n) is 13.7. The molecule has 0 aliphatic heterocycles. The smallest absolute Gasteiger partial charge is 0.0589 e. The van der Waals surface area contributed by atoms with Crippen LogP contribution in [0, 0.1) is 0 Å². The summed E-state index contributed by atoms with van der Waals surface area (Å²) >= 11 is 0. The van der Waals surface area contributed by atoms with E-state index in [1.165, 1.54) is 5.56 Å². The highest BCUT2D eigenvalue weighted by Crippen LogP contribution is 2.19. The minimum atomic E-state index is 0.350. The predicted molar refractivity (Wildman–Crippen MR) is 87.7 cm³/mol. The summed E-state index contributed by atoms with van der Waals surface area (Å²) in [6, 6.07) is 11.0. The van der Waals surface area contributed by atoms with Gasteiger partial charge < -0.3 is 14.8 Å². The van der Waals surface area contributed by atoms with Gasteiger partial charge in [-0.05, 0) is 18.5 Å². The molecule has 0 heterocycles. The molecule has 1 unspecified atom stereocenters. The molecule has 4 heteroatoms. The molecule has 0 amide bonds. The van der Waals surface area contributed by atoms with Crippen molar-refractivity contribution in [3.63, 3.8) is 0 Å². The Morgan fingerprint density at radius 2 is 1.67 bits per heavy atom. The Morgan fingerprint density at radius 1 is 1.05 bits per heavy atom. The van der Waals surface area contributed by atoms with Gasteiger partial charge in [0.2, 0.25) is 0 Å². The lowest BCUT2D eigenvalue weighted by molar-refractivity contribution is 0.0865. The second-order valence-corrected chi connectivity index (χ2v) is 5.15. The highest BCUT2D eigenvalue weighted by Gasteiger charge is 2.19. The van der Waals surface area contributed by atoms with Crippen LogP contribution in [0.2, 0.25) is 0 Å². The van der Waals surface area contributed by atoms with E-state index in [0.717, 1.165) is 45.8 Å². The molecule has 1 atom stereocenters. The van der Waals surface area contributed by atoms with Crippen LogP contribution in [-0.2, 0) is 9.47 Å². The lowest BCUT2D eigenvalue weighted by Gasteiger charge is -2.32. The van der Waals surface area contributed by atoms with Gasteiger partial charge in [-0.25, -0.2) is 0 Å². The number of hydrogen-bond acceptors (Lipinski definition) is 4. The van der Waals surface area contributed by atoms with Crippen LogP contribution in [0.25, 0.3) is 0 Å². The monoisotopic (exact) mass is 294 g/mol. The number of ether oxygens (including phenoxy) is 2. The van der Waals surface area contributed by atoms with Crippen LogP contribution in [-0.4, -0.2) is 58.5 Å². The zero-order valence-corrected chi connectivity index (χ0v) is 13.7. The van der Waals surface area contributed by atoms with E-state index < -0.39 is 0 Å². The van der Waals surface area contributed by atoms with Crippen molar-refractivity contribution in [1.82, 2.24) is 10.2 Å². The van der Waals surface area contributed by atoms with Crippen molar-refractivity contribution in [2.24, 2.45) is 0 Å². The fourth-order valence-corrected chi connectivity index (χ4v) is 2.39. The van der Waals surface area contributed by atoms with Crippen molar-refractivity contribution in [3.8, 4) is 0 Å². The van der Waals surface area contributed by atoms with Gasteiger partial charge >= 0.3 is 0 Å². The quantitative estimate of drug-likeness (QED) is 0.600. The molecular formula is C17H30N2O2. The Kier molecular flexibility index (Phi) is 10.1. The van der Waals surface area contributed by atoms with Crippen LogP contribution in [0.1, 0.15) is 24.9 Å². The van der Waals surface area contributed by atoms with E-state index in [2.05, 4.69) is 47.5 Å². The van der Waals surface area contributed by atoms with E-state index in [0.29, 0.717) is 6.04 Å². The predicted octanol–water partition coefficient (Wildman–Crippen LogP) is 2.32. The lowest BCUT2D eigenvalue weighted by Crippen LogP contribution is -2.39. The van der Waals surface area contributed by atoms with Crippen LogP contribution < -0.4 is 5.32 Å². The molecule has 4 nitrogen and oxygen atoms in total. The summed E-state index contributed by atoms with van der Waals surface area (Å²) in [5, 5.41) is 3.54. The Bertz CT molecular complexity index is 338. The fraction of sp³-hybridized carbons (Fsp3) is 0.647. The molecule has 120 valence electrons. The van der Waals surface area contributed by atoms with Crippen molar-refractivity contribution in [2.45, 2.75) is 19.4 Å². The molecule has 0 fully saturated rings. The number of rotatable bonds is 12. The van der Waals surface area contributed by atoms with E-state index in [1.807, 2.05) is 0 Å². The summed E-state index contributed by atoms with van der Waals surface area (Å²) in [7, 11) is 3.50. The summed E-state index contributed by atoms with van der Waals surface area (Å²) < 4.78 is 10.5. The number of nitrogens with zero attached hydrogens (tertiary/aromatic N) is 1. The first-order chi connectivity index (χ1) is 10.3. The highest BCUT2D eigenvalue weighted by molar-refractivity contribution is 5.19. The molecule has 0 aliphatic carbocycles. The van der Waals surface area contributed by atoms with E-state index in [-0.39, 0.29) is 0 Å². The standard InChI is InChI=1S/C17H30N2O2/c1-4-10-18-15-17(16-8-6-5-7-9-16)19(11-13-20-2)12-14-21-3/h5-9,17-18H,4,10-15H2,1-3H3. The topological polar surface area (TPSA) is 33.7 Å². The van der Waals surface area contributed by atoms with Crippen LogP contribution in [0.15, 0.2) is 30.3 Å². The van der Waals surface area contributed by atoms with Crippen molar-refractivity contribution in [3.05, 3.63) is 35.9 Å². The number of methoxy groups -OCH3 is 2. The van der Waals surface area contributed by atoms with Gasteiger partial charge in [-0.3, -0.25) is 4.90 Å². The average Bonchev–Trinajstić information content (AvgIpc) is 2.53. The second kappa shape index (κ2) is 11.7. The molecule has 1 rings (SSSR count). The van der Waals surface area contributed by atoms with Gasteiger partial charge in [0.25, 0.3) is 0 Å². The van der Waals surface area contributed by atoms with Crippen molar-refractivity contribution < 1.29 is 9.47 Å². The number of hydrogen-bond donors (Lipinski definition) is 1. The molecule has 1 aromatic carbocycles. The molecule has 1 aromatic rings. The summed E-state index contributed by atoms with van der Waals surface area (Å²) in [6.45, 7) is 7.48. The summed E-state index contributed by atoms with van der Waals surface area (Å²) in [5.74, 6) is 0. The maximum Gasteiger partial charge on any atom is 0.0589 e. The van der Waals surface area contributed by atoms with E-state index >= 15 is 0 Å². The Morgan fingerprint density at radius 3 is 2.19 bits per heavy atom. The maximum atomic E-state index is 5.26. The van der Waals surface area contributed by atoms with Gasteiger partial charge in [0, 0.05) is 39.9 Å². The molecule has 21 heavy (non-hydrogen) atoms. The third kappa shape index (κ3) is 7.05. The summed E-state index contributed by atoms with van der Waals surface area (Å²) in [6.07, 6.45) is 1.15. The van der Waals surface area contributed by atoms with Crippen molar-refractivity contribution >= 4 is 0 Å². The third-order valence-electron chi connectivity index (χ3n) is 3.55. The summed E-state index contributed by atoms with van der Waals surface area (Å²) in [4.78, 5) is 2.44. The molecule has 1 N–H and O–H groups in total. The van der Waals surface area contributed by atoms with Crippen LogP contribution in [0.3, 0.4) is 0 Å². The van der Waals surface area contributed by atoms with Gasteiger partial charge in [-0.1, -0.05) is 37.3 Å². The first-order valence-electron chi connectivity index (χ1n) is 7.81. The normalized spacial score (nSPS) is 12.8. The lowest BCUT2D eigenvalue weighted by atomic mass is 10.0. The molecular weight excluding hydrogens is 264 g/mol.